The van der Waals surface area contributed by atoms with Gasteiger partial charge in [0, 0.05) is 73.7 Å². The molecule has 0 saturated heterocycles. The van der Waals surface area contributed by atoms with Crippen LogP contribution in [0.25, 0.3) is 11.1 Å². The van der Waals surface area contributed by atoms with E-state index in [4.69, 9.17) is 24.4 Å². The lowest BCUT2D eigenvalue weighted by molar-refractivity contribution is -0.140. The van der Waals surface area contributed by atoms with Crippen molar-refractivity contribution in [2.75, 3.05) is 13.1 Å². The molecule has 0 aliphatic carbocycles. The van der Waals surface area contributed by atoms with Gasteiger partial charge in [-0.2, -0.15) is 15.5 Å². The van der Waals surface area contributed by atoms with Crippen LogP contribution in [0.5, 0.6) is 17.6 Å². The summed E-state index contributed by atoms with van der Waals surface area (Å²) in [6.07, 6.45) is 2.98. The fourth-order valence-corrected chi connectivity index (χ4v) is 7.27. The average Bonchev–Trinajstić information content (AvgIpc) is 3.32. The minimum absolute atomic E-state index is 0.0300. The number of rotatable bonds is 24. The minimum Gasteiger partial charge on any atom is -0.481 e. The standard InChI is InChI=1S/C50H50N8O10/c1-31-39(29-66-45-11-9-37(23-55-25-41(59)15-47(61)62)49(57-45)68-28-36-14-34(18-52)20-54-22-36)5-3-7-43(31)44-8-4-6-40(32(44)2)30-67-46-12-10-38(24-56-26-42(60)16-48(63)64)50(65)58(46)27-35-13-33(17-51)19-53-21-35/h3-14,19-22,41-42,55-56,59-60H,15-16,23-30H2,1-2H3,(H,61,62)(H,63,64)/t41-,42-/m0/s1. The molecule has 18 heteroatoms. The van der Waals surface area contributed by atoms with Crippen LogP contribution < -0.4 is 30.4 Å². The Morgan fingerprint density at radius 2 is 1.22 bits per heavy atom. The van der Waals surface area contributed by atoms with Gasteiger partial charge in [-0.3, -0.25) is 28.9 Å². The van der Waals surface area contributed by atoms with Crippen LogP contribution >= 0.6 is 0 Å². The molecule has 18 nitrogen and oxygen atoms in total. The first-order valence-corrected chi connectivity index (χ1v) is 21.5. The van der Waals surface area contributed by atoms with Gasteiger partial charge in [-0.05, 0) is 83.1 Å². The number of aromatic nitrogens is 4. The summed E-state index contributed by atoms with van der Waals surface area (Å²) >= 11 is 0. The van der Waals surface area contributed by atoms with Gasteiger partial charge in [0.1, 0.15) is 32.0 Å². The van der Waals surface area contributed by atoms with E-state index in [2.05, 4.69) is 37.7 Å². The molecular formula is C50H50N8O10. The van der Waals surface area contributed by atoms with Gasteiger partial charge < -0.3 is 45.3 Å². The lowest BCUT2D eigenvalue weighted by Crippen LogP contribution is -2.32. The summed E-state index contributed by atoms with van der Waals surface area (Å²) in [6, 6.07) is 26.0. The first-order valence-electron chi connectivity index (χ1n) is 21.5. The molecule has 68 heavy (non-hydrogen) atoms. The van der Waals surface area contributed by atoms with Crippen LogP contribution in [0.15, 0.2) is 102 Å². The Kier molecular flexibility index (Phi) is 17.4. The first-order chi connectivity index (χ1) is 32.8. The predicted molar refractivity (Wildman–Crippen MR) is 246 cm³/mol. The molecule has 4 heterocycles. The molecule has 0 unspecified atom stereocenters. The van der Waals surface area contributed by atoms with Gasteiger partial charge in [0.25, 0.3) is 5.56 Å². The number of nitrogens with one attached hydrogen (secondary N) is 2. The summed E-state index contributed by atoms with van der Waals surface area (Å²) in [5.74, 6) is -1.44. The molecule has 0 bridgehead atoms. The van der Waals surface area contributed by atoms with Crippen molar-refractivity contribution in [3.05, 3.63) is 164 Å². The topological polar surface area (TPSA) is 275 Å². The van der Waals surface area contributed by atoms with Gasteiger partial charge in [0.2, 0.25) is 11.8 Å². The van der Waals surface area contributed by atoms with Crippen LogP contribution in [0.4, 0.5) is 0 Å². The maximum absolute atomic E-state index is 13.9. The van der Waals surface area contributed by atoms with E-state index in [1.165, 1.54) is 17.0 Å². The van der Waals surface area contributed by atoms with Crippen molar-refractivity contribution in [2.45, 2.75) is 78.4 Å². The van der Waals surface area contributed by atoms with E-state index in [1.54, 1.807) is 48.8 Å². The number of hydrogen-bond acceptors (Lipinski definition) is 15. The number of aliphatic hydroxyl groups excluding tert-OH is 2. The maximum Gasteiger partial charge on any atom is 0.306 e. The SMILES string of the molecule is Cc1c(COc2ccc(CNC[C@@H](O)CC(=O)O)c(OCc3cncc(C#N)c3)n2)cccc1-c1cccc(COc2ccc(CNC[C@@H](O)CC(=O)O)c(=O)n2Cc2cncc(C#N)c2)c1C. The van der Waals surface area contributed by atoms with Crippen molar-refractivity contribution < 1.29 is 44.2 Å². The highest BCUT2D eigenvalue weighted by atomic mass is 16.5. The summed E-state index contributed by atoms with van der Waals surface area (Å²) < 4.78 is 20.1. The lowest BCUT2D eigenvalue weighted by Gasteiger charge is -2.19. The molecule has 4 aromatic heterocycles. The van der Waals surface area contributed by atoms with Gasteiger partial charge in [-0.25, -0.2) is 0 Å². The quantitative estimate of drug-likeness (QED) is 0.0480. The summed E-state index contributed by atoms with van der Waals surface area (Å²) in [5, 5.41) is 62.8. The molecule has 350 valence electrons. The molecule has 6 aromatic rings. The average molecular weight is 923 g/mol. The molecule has 0 radical (unpaired) electrons. The molecule has 2 atom stereocenters. The van der Waals surface area contributed by atoms with E-state index in [-0.39, 0.29) is 75.7 Å². The van der Waals surface area contributed by atoms with Crippen LogP contribution in [-0.2, 0) is 49.0 Å². The smallest absolute Gasteiger partial charge is 0.306 e. The predicted octanol–water partition coefficient (Wildman–Crippen LogP) is 4.70. The van der Waals surface area contributed by atoms with Gasteiger partial charge in [0.15, 0.2) is 5.88 Å². The summed E-state index contributed by atoms with van der Waals surface area (Å²) in [6.45, 7) is 4.68. The second-order valence-corrected chi connectivity index (χ2v) is 15.9. The Morgan fingerprint density at radius 3 is 1.81 bits per heavy atom. The zero-order valence-corrected chi connectivity index (χ0v) is 37.4. The highest BCUT2D eigenvalue weighted by Gasteiger charge is 2.18. The molecule has 0 aliphatic rings. The number of nitrogens with zero attached hydrogens (tertiary/aromatic N) is 6. The van der Waals surface area contributed by atoms with Crippen LogP contribution in [0.3, 0.4) is 0 Å². The molecule has 6 N–H and O–H groups in total. The Bertz CT molecular complexity index is 2890. The molecule has 0 aliphatic heterocycles. The Hall–Kier alpha value is -8.00. The molecule has 0 saturated carbocycles. The minimum atomic E-state index is -1.14. The van der Waals surface area contributed by atoms with E-state index >= 15 is 0 Å². The number of carboxylic acid groups (broad SMARTS) is 2. The fraction of sp³-hybridized carbons (Fsp3) is 0.280. The zero-order chi connectivity index (χ0) is 48.6. The highest BCUT2D eigenvalue weighted by Crippen LogP contribution is 2.32. The molecule has 0 spiro atoms. The number of carbonyl (C=O) groups is 2. The number of aliphatic carboxylic acids is 2. The normalized spacial score (nSPS) is 11.8. The lowest BCUT2D eigenvalue weighted by atomic mass is 9.92. The molecule has 0 amide bonds. The van der Waals surface area contributed by atoms with Crippen molar-refractivity contribution >= 4 is 11.9 Å². The third kappa shape index (κ3) is 13.8. The van der Waals surface area contributed by atoms with Gasteiger partial charge in [0.05, 0.1) is 42.7 Å². The first kappa shape index (κ1) is 49.4. The van der Waals surface area contributed by atoms with Crippen molar-refractivity contribution in [3.8, 4) is 40.9 Å². The van der Waals surface area contributed by atoms with Gasteiger partial charge in [-0.1, -0.05) is 36.4 Å². The molecule has 0 fully saturated rings. The van der Waals surface area contributed by atoms with Crippen molar-refractivity contribution in [2.24, 2.45) is 0 Å². The van der Waals surface area contributed by atoms with Crippen LogP contribution in [0.2, 0.25) is 0 Å². The molecular weight excluding hydrogens is 873 g/mol. The molecule has 2 aromatic carbocycles. The number of aliphatic hydroxyl groups is 2. The van der Waals surface area contributed by atoms with E-state index in [0.717, 1.165) is 33.4 Å². The van der Waals surface area contributed by atoms with Crippen molar-refractivity contribution in [1.29, 1.82) is 10.5 Å². The van der Waals surface area contributed by atoms with Crippen LogP contribution in [0.1, 0.15) is 68.5 Å². The van der Waals surface area contributed by atoms with Gasteiger partial charge >= 0.3 is 11.9 Å². The number of carboxylic acids is 2. The number of pyridine rings is 4. The Morgan fingerprint density at radius 1 is 0.676 bits per heavy atom. The maximum atomic E-state index is 13.9. The van der Waals surface area contributed by atoms with E-state index in [1.807, 2.05) is 50.2 Å². The number of hydrogen-bond donors (Lipinski definition) is 6. The largest absolute Gasteiger partial charge is 0.481 e. The van der Waals surface area contributed by atoms with E-state index < -0.39 is 37.0 Å². The van der Waals surface area contributed by atoms with E-state index in [9.17, 15) is 35.1 Å². The Labute approximate surface area is 391 Å². The van der Waals surface area contributed by atoms with Crippen LogP contribution in [0, 0.1) is 36.5 Å². The zero-order valence-electron chi connectivity index (χ0n) is 37.4. The van der Waals surface area contributed by atoms with E-state index in [0.29, 0.717) is 33.4 Å². The van der Waals surface area contributed by atoms with Crippen molar-refractivity contribution in [1.82, 2.24) is 30.2 Å². The highest BCUT2D eigenvalue weighted by molar-refractivity contribution is 5.72. The second-order valence-electron chi connectivity index (χ2n) is 15.9. The fourth-order valence-electron chi connectivity index (χ4n) is 7.27. The number of benzene rings is 2. The number of ether oxygens (including phenoxy) is 3. The molecule has 6 rings (SSSR count). The van der Waals surface area contributed by atoms with Crippen molar-refractivity contribution in [3.63, 3.8) is 0 Å². The summed E-state index contributed by atoms with van der Waals surface area (Å²) in [7, 11) is 0. The third-order valence-electron chi connectivity index (χ3n) is 10.8. The number of nitriles is 2. The second kappa shape index (κ2) is 24.0. The Balaban J connectivity index is 1.18. The van der Waals surface area contributed by atoms with Crippen LogP contribution in [-0.4, -0.2) is 77.2 Å². The monoisotopic (exact) mass is 922 g/mol. The third-order valence-corrected chi connectivity index (χ3v) is 10.8. The van der Waals surface area contributed by atoms with Gasteiger partial charge in [-0.15, -0.1) is 0 Å². The summed E-state index contributed by atoms with van der Waals surface area (Å²) in [4.78, 5) is 48.8. The summed E-state index contributed by atoms with van der Waals surface area (Å²) in [5.41, 5.74) is 8.20.